The Balaban J connectivity index is 2.11. The molecule has 6 heteroatoms. The van der Waals surface area contributed by atoms with E-state index in [1.807, 2.05) is 13.8 Å². The van der Waals surface area contributed by atoms with Crippen molar-refractivity contribution < 1.29 is 19.4 Å². The number of nitrogens with one attached hydrogen (secondary N) is 1. The van der Waals surface area contributed by atoms with Gasteiger partial charge in [-0.05, 0) is 38.1 Å². The Bertz CT molecular complexity index is 742. The summed E-state index contributed by atoms with van der Waals surface area (Å²) in [5, 5.41) is 13.8. The standard InChI is InChI=1S/C18H20N2O4/c1-12(2)24-15-9-5-4-8-14(15)18(22)20-19-11-13-7-6-10-16(23-3)17(13)21/h4-12,21H,1-3H3,(H,20,22)/b19-11+. The Kier molecular flexibility index (Phi) is 5.78. The van der Waals surface area contributed by atoms with Gasteiger partial charge in [-0.15, -0.1) is 0 Å². The number of benzene rings is 2. The van der Waals surface area contributed by atoms with Gasteiger partial charge in [0.1, 0.15) is 5.75 Å². The van der Waals surface area contributed by atoms with Crippen molar-refractivity contribution in [2.24, 2.45) is 5.10 Å². The van der Waals surface area contributed by atoms with E-state index < -0.39 is 5.91 Å². The highest BCUT2D eigenvalue weighted by Gasteiger charge is 2.12. The van der Waals surface area contributed by atoms with Gasteiger partial charge in [-0.2, -0.15) is 5.10 Å². The van der Waals surface area contributed by atoms with Gasteiger partial charge in [0.2, 0.25) is 0 Å². The zero-order valence-electron chi connectivity index (χ0n) is 13.8. The number of carbonyl (C=O) groups excluding carboxylic acids is 1. The van der Waals surface area contributed by atoms with Crippen LogP contribution in [0.5, 0.6) is 17.2 Å². The molecule has 0 aliphatic carbocycles. The molecule has 24 heavy (non-hydrogen) atoms. The van der Waals surface area contributed by atoms with E-state index in [4.69, 9.17) is 9.47 Å². The molecular formula is C18H20N2O4. The molecule has 2 rings (SSSR count). The van der Waals surface area contributed by atoms with Gasteiger partial charge in [0.25, 0.3) is 5.91 Å². The first-order valence-corrected chi connectivity index (χ1v) is 7.48. The summed E-state index contributed by atoms with van der Waals surface area (Å²) in [5.41, 5.74) is 3.24. The van der Waals surface area contributed by atoms with E-state index in [2.05, 4.69) is 10.5 Å². The second-order valence-electron chi connectivity index (χ2n) is 5.26. The topological polar surface area (TPSA) is 80.2 Å². The summed E-state index contributed by atoms with van der Waals surface area (Å²) in [4.78, 5) is 12.3. The summed E-state index contributed by atoms with van der Waals surface area (Å²) in [5.74, 6) is 0.386. The first-order chi connectivity index (χ1) is 11.5. The van der Waals surface area contributed by atoms with Crippen molar-refractivity contribution in [1.82, 2.24) is 5.43 Å². The molecule has 0 atom stereocenters. The van der Waals surface area contributed by atoms with Gasteiger partial charge in [-0.1, -0.05) is 18.2 Å². The van der Waals surface area contributed by atoms with Crippen molar-refractivity contribution in [3.05, 3.63) is 53.6 Å². The largest absolute Gasteiger partial charge is 0.504 e. The van der Waals surface area contributed by atoms with E-state index in [1.54, 1.807) is 42.5 Å². The Morgan fingerprint density at radius 3 is 2.58 bits per heavy atom. The fourth-order valence-electron chi connectivity index (χ4n) is 2.04. The van der Waals surface area contributed by atoms with Crippen LogP contribution in [0.4, 0.5) is 0 Å². The Morgan fingerprint density at radius 1 is 1.17 bits per heavy atom. The molecule has 0 aliphatic rings. The quantitative estimate of drug-likeness (QED) is 0.631. The number of ether oxygens (including phenoxy) is 2. The highest BCUT2D eigenvalue weighted by atomic mass is 16.5. The molecule has 126 valence electrons. The summed E-state index contributed by atoms with van der Waals surface area (Å²) in [7, 11) is 1.46. The number of rotatable bonds is 6. The third-order valence-electron chi connectivity index (χ3n) is 3.11. The number of amides is 1. The molecule has 0 saturated heterocycles. The van der Waals surface area contributed by atoms with E-state index in [0.29, 0.717) is 22.6 Å². The van der Waals surface area contributed by atoms with E-state index in [0.717, 1.165) is 0 Å². The molecule has 0 aliphatic heterocycles. The number of hydrogen-bond acceptors (Lipinski definition) is 5. The first-order valence-electron chi connectivity index (χ1n) is 7.48. The van der Waals surface area contributed by atoms with Gasteiger partial charge >= 0.3 is 0 Å². The number of nitrogens with zero attached hydrogens (tertiary/aromatic N) is 1. The highest BCUT2D eigenvalue weighted by Crippen LogP contribution is 2.28. The van der Waals surface area contributed by atoms with Gasteiger partial charge in [0.05, 0.1) is 25.0 Å². The molecule has 1 amide bonds. The molecule has 0 radical (unpaired) electrons. The van der Waals surface area contributed by atoms with Gasteiger partial charge in [-0.25, -0.2) is 5.43 Å². The summed E-state index contributed by atoms with van der Waals surface area (Å²) in [6.45, 7) is 3.77. The maximum absolute atomic E-state index is 12.3. The molecule has 0 fully saturated rings. The number of hydrogen-bond donors (Lipinski definition) is 2. The minimum Gasteiger partial charge on any atom is -0.504 e. The number of aromatic hydroxyl groups is 1. The lowest BCUT2D eigenvalue weighted by Crippen LogP contribution is -2.19. The zero-order valence-corrected chi connectivity index (χ0v) is 13.8. The number of methoxy groups -OCH3 is 1. The molecule has 2 aromatic carbocycles. The SMILES string of the molecule is COc1cccc(/C=N/NC(=O)c2ccccc2OC(C)C)c1O. The molecule has 0 heterocycles. The van der Waals surface area contributed by atoms with Crippen LogP contribution in [0.3, 0.4) is 0 Å². The average molecular weight is 328 g/mol. The number of para-hydroxylation sites is 2. The van der Waals surface area contributed by atoms with Gasteiger partial charge in [0, 0.05) is 5.56 Å². The molecule has 0 aromatic heterocycles. The van der Waals surface area contributed by atoms with Crippen LogP contribution in [0.25, 0.3) is 0 Å². The molecule has 0 spiro atoms. The second kappa shape index (κ2) is 8.01. The van der Waals surface area contributed by atoms with Crippen LogP contribution < -0.4 is 14.9 Å². The third-order valence-corrected chi connectivity index (χ3v) is 3.11. The van der Waals surface area contributed by atoms with Gasteiger partial charge in [0.15, 0.2) is 11.5 Å². The number of phenolic OH excluding ortho intramolecular Hbond substituents is 1. The molecule has 2 aromatic rings. The lowest BCUT2D eigenvalue weighted by molar-refractivity contribution is 0.0949. The van der Waals surface area contributed by atoms with E-state index in [1.165, 1.54) is 13.3 Å². The number of hydrazone groups is 1. The molecule has 6 nitrogen and oxygen atoms in total. The molecule has 0 unspecified atom stereocenters. The van der Waals surface area contributed by atoms with Crippen LogP contribution in [0, 0.1) is 0 Å². The van der Waals surface area contributed by atoms with Crippen molar-refractivity contribution in [2.45, 2.75) is 20.0 Å². The number of phenols is 1. The monoisotopic (exact) mass is 328 g/mol. The fourth-order valence-corrected chi connectivity index (χ4v) is 2.04. The second-order valence-corrected chi connectivity index (χ2v) is 5.26. The van der Waals surface area contributed by atoms with Crippen molar-refractivity contribution in [2.75, 3.05) is 7.11 Å². The molecule has 0 bridgehead atoms. The Hall–Kier alpha value is -3.02. The van der Waals surface area contributed by atoms with Crippen LogP contribution in [0.1, 0.15) is 29.8 Å². The summed E-state index contributed by atoms with van der Waals surface area (Å²) >= 11 is 0. The van der Waals surface area contributed by atoms with Crippen LogP contribution in [0.15, 0.2) is 47.6 Å². The number of carbonyl (C=O) groups is 1. The fraction of sp³-hybridized carbons (Fsp3) is 0.222. The molecule has 2 N–H and O–H groups in total. The molecule has 0 saturated carbocycles. The Morgan fingerprint density at radius 2 is 1.88 bits per heavy atom. The smallest absolute Gasteiger partial charge is 0.275 e. The maximum atomic E-state index is 12.3. The van der Waals surface area contributed by atoms with Crippen LogP contribution in [-0.4, -0.2) is 30.4 Å². The summed E-state index contributed by atoms with van der Waals surface area (Å²) < 4.78 is 10.6. The zero-order chi connectivity index (χ0) is 17.5. The van der Waals surface area contributed by atoms with Crippen molar-refractivity contribution in [3.63, 3.8) is 0 Å². The third kappa shape index (κ3) is 4.25. The average Bonchev–Trinajstić information content (AvgIpc) is 2.56. The summed E-state index contributed by atoms with van der Waals surface area (Å²) in [6.07, 6.45) is 1.30. The van der Waals surface area contributed by atoms with Crippen molar-refractivity contribution >= 4 is 12.1 Å². The van der Waals surface area contributed by atoms with Crippen LogP contribution in [-0.2, 0) is 0 Å². The summed E-state index contributed by atoms with van der Waals surface area (Å²) in [6, 6.07) is 11.9. The van der Waals surface area contributed by atoms with E-state index in [-0.39, 0.29) is 11.9 Å². The minimum atomic E-state index is -0.398. The minimum absolute atomic E-state index is 0.0402. The predicted molar refractivity (Wildman–Crippen MR) is 91.9 cm³/mol. The Labute approximate surface area is 140 Å². The van der Waals surface area contributed by atoms with Crippen molar-refractivity contribution in [3.8, 4) is 17.2 Å². The molecular weight excluding hydrogens is 308 g/mol. The van der Waals surface area contributed by atoms with Crippen LogP contribution >= 0.6 is 0 Å². The normalized spacial score (nSPS) is 10.8. The lowest BCUT2D eigenvalue weighted by atomic mass is 10.2. The van der Waals surface area contributed by atoms with Crippen LogP contribution in [0.2, 0.25) is 0 Å². The van der Waals surface area contributed by atoms with Crippen molar-refractivity contribution in [1.29, 1.82) is 0 Å². The lowest BCUT2D eigenvalue weighted by Gasteiger charge is -2.12. The predicted octanol–water partition coefficient (Wildman–Crippen LogP) is 2.95. The van der Waals surface area contributed by atoms with Gasteiger partial charge in [-0.3, -0.25) is 4.79 Å². The first kappa shape index (κ1) is 17.3. The maximum Gasteiger partial charge on any atom is 0.275 e. The highest BCUT2D eigenvalue weighted by molar-refractivity contribution is 5.97. The van der Waals surface area contributed by atoms with E-state index in [9.17, 15) is 9.90 Å². The van der Waals surface area contributed by atoms with E-state index >= 15 is 0 Å². The van der Waals surface area contributed by atoms with Gasteiger partial charge < -0.3 is 14.6 Å².